The summed E-state index contributed by atoms with van der Waals surface area (Å²) in [7, 11) is 0. The lowest BCUT2D eigenvalue weighted by Crippen LogP contribution is -2.23. The summed E-state index contributed by atoms with van der Waals surface area (Å²) in [4.78, 5) is 10.8. The first kappa shape index (κ1) is 14.0. The highest BCUT2D eigenvalue weighted by Gasteiger charge is 1.96. The molecule has 74 valence electrons. The minimum Gasteiger partial charge on any atom is -0.356 e. The molecule has 0 spiro atoms. The van der Waals surface area contributed by atoms with Crippen molar-refractivity contribution < 1.29 is 4.79 Å². The lowest BCUT2D eigenvalue weighted by molar-refractivity contribution is -0.121. The van der Waals surface area contributed by atoms with Crippen molar-refractivity contribution in [3.63, 3.8) is 0 Å². The Labute approximate surface area is 76.7 Å². The molecule has 0 rings (SSSR count). The maximum Gasteiger partial charge on any atom is 0.219 e. The van der Waals surface area contributed by atoms with E-state index < -0.39 is 0 Å². The van der Waals surface area contributed by atoms with Gasteiger partial charge in [-0.1, -0.05) is 34.1 Å². The van der Waals surface area contributed by atoms with Crippen molar-refractivity contribution in [2.45, 2.75) is 53.4 Å². The summed E-state index contributed by atoms with van der Waals surface area (Å²) in [5.74, 6) is 0.198. The number of carbonyl (C=O) groups excluding carboxylic acids is 1. The zero-order chi connectivity index (χ0) is 9.82. The third kappa shape index (κ3) is 12.2. The molecule has 2 nitrogen and oxygen atoms in total. The number of carbonyl (C=O) groups is 1. The fourth-order valence-electron chi connectivity index (χ4n) is 0.690. The van der Waals surface area contributed by atoms with Gasteiger partial charge in [0.2, 0.25) is 5.91 Å². The van der Waals surface area contributed by atoms with Crippen LogP contribution in [-0.2, 0) is 4.79 Å². The first-order chi connectivity index (χ1) is 5.81. The Hall–Kier alpha value is -0.530. The summed E-state index contributed by atoms with van der Waals surface area (Å²) in [5, 5.41) is 2.83. The van der Waals surface area contributed by atoms with E-state index in [1.54, 1.807) is 0 Å². The standard InChI is InChI=1S/C8H17NO.C2H6/c1-3-5-6-8(10)9-7-4-2;1-2/h3-7H2,1-2H3,(H,9,10);1-2H3. The number of hydrogen-bond acceptors (Lipinski definition) is 1. The second-order valence-electron chi connectivity index (χ2n) is 2.45. The lowest BCUT2D eigenvalue weighted by atomic mass is 10.2. The molecule has 0 aliphatic heterocycles. The van der Waals surface area contributed by atoms with Gasteiger partial charge in [-0.15, -0.1) is 0 Å². The molecular formula is C10H23NO. The Bertz CT molecular complexity index is 81.8. The summed E-state index contributed by atoms with van der Waals surface area (Å²) in [6.45, 7) is 8.97. The van der Waals surface area contributed by atoms with E-state index in [1.807, 2.05) is 13.8 Å². The van der Waals surface area contributed by atoms with Crippen LogP contribution in [0.4, 0.5) is 0 Å². The molecule has 0 aromatic carbocycles. The highest BCUT2D eigenvalue weighted by Crippen LogP contribution is 1.92. The largest absolute Gasteiger partial charge is 0.356 e. The molecule has 0 radical (unpaired) electrons. The summed E-state index contributed by atoms with van der Waals surface area (Å²) in [6, 6.07) is 0. The van der Waals surface area contributed by atoms with Crippen LogP contribution in [0.15, 0.2) is 0 Å². The number of nitrogens with one attached hydrogen (secondary N) is 1. The van der Waals surface area contributed by atoms with Crippen LogP contribution >= 0.6 is 0 Å². The van der Waals surface area contributed by atoms with Gasteiger partial charge in [0.05, 0.1) is 0 Å². The minimum absolute atomic E-state index is 0.198. The van der Waals surface area contributed by atoms with Crippen LogP contribution < -0.4 is 5.32 Å². The van der Waals surface area contributed by atoms with Crippen molar-refractivity contribution in [2.24, 2.45) is 0 Å². The molecule has 0 unspecified atom stereocenters. The fourth-order valence-corrected chi connectivity index (χ4v) is 0.690. The molecule has 0 aromatic rings. The Kier molecular flexibility index (Phi) is 15.3. The van der Waals surface area contributed by atoms with Crippen molar-refractivity contribution in [3.05, 3.63) is 0 Å². The Morgan fingerprint density at radius 1 is 1.17 bits per heavy atom. The van der Waals surface area contributed by atoms with E-state index in [9.17, 15) is 4.79 Å². The molecule has 1 N–H and O–H groups in total. The minimum atomic E-state index is 0.198. The number of hydrogen-bond donors (Lipinski definition) is 1. The molecule has 0 saturated heterocycles. The van der Waals surface area contributed by atoms with E-state index in [4.69, 9.17) is 0 Å². The van der Waals surface area contributed by atoms with E-state index in [0.717, 1.165) is 25.8 Å². The summed E-state index contributed by atoms with van der Waals surface area (Å²) < 4.78 is 0. The molecular weight excluding hydrogens is 150 g/mol. The fraction of sp³-hybridized carbons (Fsp3) is 0.900. The van der Waals surface area contributed by atoms with Gasteiger partial charge in [0.1, 0.15) is 0 Å². The molecule has 0 fully saturated rings. The quantitative estimate of drug-likeness (QED) is 0.680. The highest BCUT2D eigenvalue weighted by molar-refractivity contribution is 5.75. The van der Waals surface area contributed by atoms with Crippen LogP contribution in [-0.4, -0.2) is 12.5 Å². The van der Waals surface area contributed by atoms with E-state index in [1.165, 1.54) is 0 Å². The van der Waals surface area contributed by atoms with E-state index in [-0.39, 0.29) is 5.91 Å². The average Bonchev–Trinajstić information content (AvgIpc) is 2.14. The van der Waals surface area contributed by atoms with Crippen LogP contribution in [0, 0.1) is 0 Å². The Balaban J connectivity index is 0. The predicted molar refractivity (Wildman–Crippen MR) is 54.2 cm³/mol. The van der Waals surface area contributed by atoms with Gasteiger partial charge >= 0.3 is 0 Å². The molecule has 1 amide bonds. The van der Waals surface area contributed by atoms with Crippen molar-refractivity contribution >= 4 is 5.91 Å². The van der Waals surface area contributed by atoms with Gasteiger partial charge in [0, 0.05) is 13.0 Å². The first-order valence-corrected chi connectivity index (χ1v) is 5.08. The van der Waals surface area contributed by atoms with Crippen molar-refractivity contribution in [2.75, 3.05) is 6.54 Å². The molecule has 0 aromatic heterocycles. The van der Waals surface area contributed by atoms with Gasteiger partial charge in [-0.05, 0) is 12.8 Å². The van der Waals surface area contributed by atoms with Crippen molar-refractivity contribution in [3.8, 4) is 0 Å². The topological polar surface area (TPSA) is 29.1 Å². The summed E-state index contributed by atoms with van der Waals surface area (Å²) in [6.07, 6.45) is 3.82. The second-order valence-corrected chi connectivity index (χ2v) is 2.45. The van der Waals surface area contributed by atoms with Crippen molar-refractivity contribution in [1.29, 1.82) is 0 Å². The molecule has 0 saturated carbocycles. The van der Waals surface area contributed by atoms with Gasteiger partial charge < -0.3 is 5.32 Å². The van der Waals surface area contributed by atoms with E-state index in [2.05, 4.69) is 19.2 Å². The SMILES string of the molecule is CC.CCCCC(=O)NCCC. The lowest BCUT2D eigenvalue weighted by Gasteiger charge is -2.00. The second kappa shape index (κ2) is 13.1. The summed E-state index contributed by atoms with van der Waals surface area (Å²) >= 11 is 0. The van der Waals surface area contributed by atoms with Gasteiger partial charge in [0.25, 0.3) is 0 Å². The van der Waals surface area contributed by atoms with Gasteiger partial charge in [0.15, 0.2) is 0 Å². The molecule has 0 atom stereocenters. The monoisotopic (exact) mass is 173 g/mol. The third-order valence-corrected chi connectivity index (χ3v) is 1.33. The molecule has 2 heteroatoms. The highest BCUT2D eigenvalue weighted by atomic mass is 16.1. The normalized spacial score (nSPS) is 8.33. The molecule has 0 aliphatic rings. The van der Waals surface area contributed by atoms with Crippen LogP contribution in [0.1, 0.15) is 53.4 Å². The van der Waals surface area contributed by atoms with Gasteiger partial charge in [-0.2, -0.15) is 0 Å². The molecule has 12 heavy (non-hydrogen) atoms. The van der Waals surface area contributed by atoms with Gasteiger partial charge in [-0.3, -0.25) is 4.79 Å². The summed E-state index contributed by atoms with van der Waals surface area (Å²) in [5.41, 5.74) is 0. The Morgan fingerprint density at radius 3 is 2.17 bits per heavy atom. The number of rotatable bonds is 5. The van der Waals surface area contributed by atoms with E-state index in [0.29, 0.717) is 6.42 Å². The number of amides is 1. The molecule has 0 heterocycles. The number of unbranched alkanes of at least 4 members (excludes halogenated alkanes) is 1. The Morgan fingerprint density at radius 2 is 1.75 bits per heavy atom. The maximum absolute atomic E-state index is 10.8. The zero-order valence-electron chi connectivity index (χ0n) is 8.94. The average molecular weight is 173 g/mol. The van der Waals surface area contributed by atoms with Gasteiger partial charge in [-0.25, -0.2) is 0 Å². The van der Waals surface area contributed by atoms with Crippen LogP contribution in [0.25, 0.3) is 0 Å². The van der Waals surface area contributed by atoms with E-state index >= 15 is 0 Å². The van der Waals surface area contributed by atoms with Crippen LogP contribution in [0.5, 0.6) is 0 Å². The zero-order valence-corrected chi connectivity index (χ0v) is 8.94. The first-order valence-electron chi connectivity index (χ1n) is 5.08. The smallest absolute Gasteiger partial charge is 0.219 e. The molecule has 0 bridgehead atoms. The van der Waals surface area contributed by atoms with Crippen LogP contribution in [0.3, 0.4) is 0 Å². The molecule has 0 aliphatic carbocycles. The maximum atomic E-state index is 10.8. The van der Waals surface area contributed by atoms with Crippen molar-refractivity contribution in [1.82, 2.24) is 5.32 Å². The third-order valence-electron chi connectivity index (χ3n) is 1.33. The van der Waals surface area contributed by atoms with Crippen LogP contribution in [0.2, 0.25) is 0 Å². The predicted octanol–water partition coefficient (Wildman–Crippen LogP) is 2.73.